The number of fused-ring (bicyclic) bond motifs is 3. The molecule has 0 atom stereocenters. The Labute approximate surface area is 237 Å². The third-order valence-electron chi connectivity index (χ3n) is 5.61. The van der Waals surface area contributed by atoms with Crippen molar-refractivity contribution in [2.45, 2.75) is 42.4 Å². The monoisotopic (exact) mass is 535 g/mol. The average molecular weight is 536 g/mol. The van der Waals surface area contributed by atoms with E-state index in [0.717, 1.165) is 11.8 Å². The summed E-state index contributed by atoms with van der Waals surface area (Å²) in [6.07, 6.45) is 0.0336. The Bertz CT molecular complexity index is 1460. The summed E-state index contributed by atoms with van der Waals surface area (Å²) in [5, 5.41) is 0.0955. The number of benzene rings is 2. The minimum Gasteiger partial charge on any atom is -0.748 e. The van der Waals surface area contributed by atoms with Gasteiger partial charge in [0, 0.05) is 36.1 Å². The van der Waals surface area contributed by atoms with Crippen LogP contribution in [-0.4, -0.2) is 61.5 Å². The molecule has 170 valence electrons. The van der Waals surface area contributed by atoms with Crippen LogP contribution in [0.15, 0.2) is 34.1 Å². The van der Waals surface area contributed by atoms with Crippen LogP contribution < -0.4 is 59.1 Å². The Morgan fingerprint density at radius 2 is 1.45 bits per heavy atom. The van der Waals surface area contributed by atoms with Crippen LogP contribution in [0.2, 0.25) is 0 Å². The zero-order valence-corrected chi connectivity index (χ0v) is 25.2. The molecule has 0 spiro atoms. The molecule has 1 aliphatic rings. The maximum atomic E-state index is 11.8. The van der Waals surface area contributed by atoms with Crippen LogP contribution in [0.1, 0.15) is 32.8 Å². The second kappa shape index (κ2) is 10.2. The third kappa shape index (κ3) is 6.27. The van der Waals surface area contributed by atoms with E-state index in [-0.39, 0.29) is 82.9 Å². The summed E-state index contributed by atoms with van der Waals surface area (Å²) < 4.78 is 105. The Balaban J connectivity index is 0.00000272. The molecular formula is C18H19NNa2O9S3. The first-order valence-electron chi connectivity index (χ1n) is 9.03. The summed E-state index contributed by atoms with van der Waals surface area (Å²) in [6.45, 7) is 5.50. The molecule has 0 saturated carbocycles. The summed E-state index contributed by atoms with van der Waals surface area (Å²) in [6, 6.07) is 4.49. The second-order valence-corrected chi connectivity index (χ2v) is 12.1. The van der Waals surface area contributed by atoms with Crippen LogP contribution in [0.4, 0.5) is 5.69 Å². The summed E-state index contributed by atoms with van der Waals surface area (Å²) in [7, 11) is -14.6. The van der Waals surface area contributed by atoms with Crippen molar-refractivity contribution >= 4 is 52.5 Å². The van der Waals surface area contributed by atoms with Crippen molar-refractivity contribution < 1.29 is 103 Å². The van der Waals surface area contributed by atoms with E-state index in [1.54, 1.807) is 31.4 Å². The Morgan fingerprint density at radius 1 is 0.879 bits per heavy atom. The van der Waals surface area contributed by atoms with Gasteiger partial charge in [-0.2, -0.15) is 4.58 Å². The van der Waals surface area contributed by atoms with Gasteiger partial charge in [-0.25, -0.2) is 25.3 Å². The molecular weight excluding hydrogens is 516 g/mol. The third-order valence-corrected chi connectivity index (χ3v) is 8.09. The van der Waals surface area contributed by atoms with Crippen molar-refractivity contribution in [2.75, 3.05) is 12.3 Å². The van der Waals surface area contributed by atoms with E-state index in [0.29, 0.717) is 17.3 Å². The molecule has 0 fully saturated rings. The van der Waals surface area contributed by atoms with E-state index < -0.39 is 51.3 Å². The molecule has 10 nitrogen and oxygen atoms in total. The maximum absolute atomic E-state index is 11.8. The van der Waals surface area contributed by atoms with E-state index in [1.807, 2.05) is 0 Å². The topological polar surface area (TPSA) is 175 Å². The van der Waals surface area contributed by atoms with Gasteiger partial charge in [-0.15, -0.1) is 0 Å². The van der Waals surface area contributed by atoms with Gasteiger partial charge < -0.3 is 13.7 Å². The molecule has 0 unspecified atom stereocenters. The number of rotatable bonds is 6. The van der Waals surface area contributed by atoms with Gasteiger partial charge in [-0.1, -0.05) is 0 Å². The zero-order chi connectivity index (χ0) is 23.6. The molecule has 0 radical (unpaired) electrons. The van der Waals surface area contributed by atoms with Crippen molar-refractivity contribution in [3.63, 3.8) is 0 Å². The van der Waals surface area contributed by atoms with Crippen molar-refractivity contribution in [1.82, 2.24) is 0 Å². The summed E-state index contributed by atoms with van der Waals surface area (Å²) >= 11 is 0. The van der Waals surface area contributed by atoms with Crippen LogP contribution >= 0.6 is 0 Å². The smallest absolute Gasteiger partial charge is 0.748 e. The van der Waals surface area contributed by atoms with Crippen LogP contribution in [0.3, 0.4) is 0 Å². The SMILES string of the molecule is CC1=[N+](CCCS(=O)(=O)[O-])c2ccc3c(S(=O)(=O)[O-])cc(S(=O)(=O)[O-])cc3c2C1(C)C.[Na+].[Na+]. The quantitative estimate of drug-likeness (QED) is 0.199. The minimum atomic E-state index is -5.10. The summed E-state index contributed by atoms with van der Waals surface area (Å²) in [5.41, 5.74) is 0.983. The number of hydrogen-bond acceptors (Lipinski definition) is 9. The first kappa shape index (κ1) is 31.1. The first-order valence-corrected chi connectivity index (χ1v) is 13.4. The Hall–Kier alpha value is 0.100. The standard InChI is InChI=1S/C18H21NO9S3.2Na/c1-11-18(2,3)17-14-9-12(30(23,24)25)10-16(31(26,27)28)13(14)5-6-15(17)19(11)7-4-8-29(20,21)22;;/h5-6,9-10H,4,7-8H2,1-3H3,(H2-,20,21,22,23,24,25,26,27,28);;/q;2*+1/p-2. The average Bonchev–Trinajstić information content (AvgIpc) is 2.78. The summed E-state index contributed by atoms with van der Waals surface area (Å²) in [4.78, 5) is -1.65. The normalized spacial score (nSPS) is 15.7. The molecule has 0 aromatic heterocycles. The van der Waals surface area contributed by atoms with E-state index in [2.05, 4.69) is 0 Å². The van der Waals surface area contributed by atoms with Crippen LogP contribution in [0.25, 0.3) is 10.8 Å². The van der Waals surface area contributed by atoms with Crippen molar-refractivity contribution in [1.29, 1.82) is 0 Å². The van der Waals surface area contributed by atoms with Crippen LogP contribution in [0, 0.1) is 0 Å². The van der Waals surface area contributed by atoms with Gasteiger partial charge in [0.05, 0.1) is 25.3 Å². The van der Waals surface area contributed by atoms with E-state index in [4.69, 9.17) is 0 Å². The van der Waals surface area contributed by atoms with E-state index in [1.165, 1.54) is 6.07 Å². The molecule has 0 N–H and O–H groups in total. The minimum absolute atomic E-state index is 0. The van der Waals surface area contributed by atoms with Gasteiger partial charge in [0.15, 0.2) is 5.71 Å². The fourth-order valence-corrected chi connectivity index (χ4v) is 5.78. The fourth-order valence-electron chi connectivity index (χ4n) is 3.98. The maximum Gasteiger partial charge on any atom is 1.00 e. The van der Waals surface area contributed by atoms with Gasteiger partial charge in [-0.3, -0.25) is 0 Å². The molecule has 2 aromatic carbocycles. The molecule has 0 bridgehead atoms. The Morgan fingerprint density at radius 3 is 1.94 bits per heavy atom. The van der Waals surface area contributed by atoms with Gasteiger partial charge in [0.2, 0.25) is 5.69 Å². The predicted molar refractivity (Wildman–Crippen MR) is 108 cm³/mol. The zero-order valence-electron chi connectivity index (χ0n) is 18.8. The number of hydrogen-bond donors (Lipinski definition) is 0. The number of nitrogens with zero attached hydrogens (tertiary/aromatic N) is 1. The van der Waals surface area contributed by atoms with E-state index >= 15 is 0 Å². The first-order chi connectivity index (χ1) is 13.9. The molecule has 33 heavy (non-hydrogen) atoms. The molecule has 0 amide bonds. The molecule has 1 aliphatic heterocycles. The van der Waals surface area contributed by atoms with Gasteiger partial charge in [0.1, 0.15) is 26.8 Å². The Kier molecular flexibility index (Phi) is 9.65. The van der Waals surface area contributed by atoms with Crippen LogP contribution in [0.5, 0.6) is 0 Å². The fraction of sp³-hybridized carbons (Fsp3) is 0.389. The molecule has 2 aromatic rings. The van der Waals surface area contributed by atoms with Crippen LogP contribution in [-0.2, 0) is 35.8 Å². The molecule has 3 rings (SSSR count). The predicted octanol–water partition coefficient (Wildman–Crippen LogP) is -5.01. The molecule has 15 heteroatoms. The van der Waals surface area contributed by atoms with Gasteiger partial charge in [0.25, 0.3) is 0 Å². The largest absolute Gasteiger partial charge is 1.00 e. The van der Waals surface area contributed by atoms with E-state index in [9.17, 15) is 38.9 Å². The van der Waals surface area contributed by atoms with Crippen molar-refractivity contribution in [2.24, 2.45) is 0 Å². The van der Waals surface area contributed by atoms with Crippen molar-refractivity contribution in [3.8, 4) is 0 Å². The molecule has 1 heterocycles. The van der Waals surface area contributed by atoms with Crippen molar-refractivity contribution in [3.05, 3.63) is 29.8 Å². The molecule has 0 aliphatic carbocycles. The van der Waals surface area contributed by atoms with Gasteiger partial charge >= 0.3 is 59.1 Å². The second-order valence-electron chi connectivity index (χ2n) is 7.86. The van der Waals surface area contributed by atoms with Gasteiger partial charge in [-0.05, 0) is 37.4 Å². The summed E-state index contributed by atoms with van der Waals surface area (Å²) in [5.74, 6) is -0.572. The molecule has 0 saturated heterocycles.